The lowest BCUT2D eigenvalue weighted by Gasteiger charge is -2.14. The second-order valence-corrected chi connectivity index (χ2v) is 8.90. The molecule has 0 aromatic heterocycles. The van der Waals surface area contributed by atoms with Crippen molar-refractivity contribution in [3.8, 4) is 11.5 Å². The number of hydrogen-bond donors (Lipinski definition) is 1. The number of anilines is 1. The summed E-state index contributed by atoms with van der Waals surface area (Å²) in [5.74, 6) is -2.29. The van der Waals surface area contributed by atoms with Crippen LogP contribution in [0.4, 0.5) is 23.2 Å². The van der Waals surface area contributed by atoms with E-state index in [4.69, 9.17) is 30.5 Å². The molecule has 3 aromatic rings. The summed E-state index contributed by atoms with van der Waals surface area (Å²) in [5.41, 5.74) is -0.905. The fourth-order valence-electron chi connectivity index (χ4n) is 3.50. The SMILES string of the molecule is COCCOCCOc1ccc(NC(=O)COc2ccc(Cl)cc2C(=O)c2cc(F)cc(C(F)(F)F)c2)c(C)c1. The van der Waals surface area contributed by atoms with Gasteiger partial charge in [-0.05, 0) is 67.1 Å². The Morgan fingerprint density at radius 2 is 1.68 bits per heavy atom. The standard InChI is InChI=1S/C28H26ClF4NO6/c1-17-11-22(39-10-9-38-8-7-37-2)4-5-24(17)34-26(35)16-40-25-6-3-20(29)15-23(25)27(36)18-12-19(28(31,32)33)14-21(30)13-18/h3-6,11-15H,7-10,16H2,1-2H3,(H,34,35). The number of methoxy groups -OCH3 is 1. The molecule has 0 radical (unpaired) electrons. The second-order valence-electron chi connectivity index (χ2n) is 8.46. The number of amides is 1. The number of alkyl halides is 3. The summed E-state index contributed by atoms with van der Waals surface area (Å²) < 4.78 is 74.6. The average Bonchev–Trinajstić information content (AvgIpc) is 2.90. The fourth-order valence-corrected chi connectivity index (χ4v) is 3.68. The van der Waals surface area contributed by atoms with Crippen LogP contribution in [0.3, 0.4) is 0 Å². The molecule has 0 aliphatic carbocycles. The highest BCUT2D eigenvalue weighted by atomic mass is 35.5. The van der Waals surface area contributed by atoms with E-state index in [1.165, 1.54) is 18.2 Å². The Morgan fingerprint density at radius 1 is 0.925 bits per heavy atom. The molecule has 0 saturated heterocycles. The Balaban J connectivity index is 1.64. The lowest BCUT2D eigenvalue weighted by Crippen LogP contribution is -2.21. The highest BCUT2D eigenvalue weighted by molar-refractivity contribution is 6.31. The number of halogens is 5. The first-order valence-electron chi connectivity index (χ1n) is 11.9. The summed E-state index contributed by atoms with van der Waals surface area (Å²) in [4.78, 5) is 25.6. The minimum absolute atomic E-state index is 0.0899. The summed E-state index contributed by atoms with van der Waals surface area (Å²) >= 11 is 5.98. The zero-order valence-corrected chi connectivity index (χ0v) is 22.3. The number of carbonyl (C=O) groups is 2. The molecule has 0 heterocycles. The van der Waals surface area contributed by atoms with Crippen LogP contribution in [-0.2, 0) is 20.4 Å². The van der Waals surface area contributed by atoms with Gasteiger partial charge in [-0.25, -0.2) is 4.39 Å². The Hall–Kier alpha value is -3.67. The maximum absolute atomic E-state index is 13.9. The summed E-state index contributed by atoms with van der Waals surface area (Å²) in [7, 11) is 1.58. The number of benzene rings is 3. The van der Waals surface area contributed by atoms with Crippen molar-refractivity contribution in [1.29, 1.82) is 0 Å². The van der Waals surface area contributed by atoms with Crippen molar-refractivity contribution in [1.82, 2.24) is 0 Å². The smallest absolute Gasteiger partial charge is 0.416 e. The van der Waals surface area contributed by atoms with E-state index < -0.39 is 41.4 Å². The molecule has 0 unspecified atom stereocenters. The van der Waals surface area contributed by atoms with E-state index in [1.807, 2.05) is 0 Å². The molecule has 0 aliphatic heterocycles. The molecule has 3 aromatic carbocycles. The van der Waals surface area contributed by atoms with Crippen molar-refractivity contribution in [2.24, 2.45) is 0 Å². The zero-order valence-electron chi connectivity index (χ0n) is 21.6. The molecule has 40 heavy (non-hydrogen) atoms. The summed E-state index contributed by atoms with van der Waals surface area (Å²) in [6, 6.07) is 10.4. The largest absolute Gasteiger partial charge is 0.491 e. The van der Waals surface area contributed by atoms with Crippen LogP contribution in [0.2, 0.25) is 5.02 Å². The van der Waals surface area contributed by atoms with E-state index in [2.05, 4.69) is 5.32 Å². The third kappa shape index (κ3) is 8.94. The maximum atomic E-state index is 13.9. The molecule has 0 atom stereocenters. The van der Waals surface area contributed by atoms with E-state index in [0.717, 1.165) is 0 Å². The van der Waals surface area contributed by atoms with Gasteiger partial charge in [0.15, 0.2) is 12.4 Å². The topological polar surface area (TPSA) is 83.1 Å². The van der Waals surface area contributed by atoms with Crippen molar-refractivity contribution in [2.75, 3.05) is 45.5 Å². The number of hydrogen-bond acceptors (Lipinski definition) is 6. The molecule has 7 nitrogen and oxygen atoms in total. The van der Waals surface area contributed by atoms with E-state index in [0.29, 0.717) is 55.6 Å². The lowest BCUT2D eigenvalue weighted by atomic mass is 10.00. The van der Waals surface area contributed by atoms with Crippen molar-refractivity contribution < 1.29 is 46.1 Å². The number of carbonyl (C=O) groups excluding carboxylic acids is 2. The highest BCUT2D eigenvalue weighted by Gasteiger charge is 2.32. The van der Waals surface area contributed by atoms with Gasteiger partial charge in [0, 0.05) is 23.4 Å². The number of nitrogens with one attached hydrogen (secondary N) is 1. The molecule has 1 N–H and O–H groups in total. The maximum Gasteiger partial charge on any atom is 0.416 e. The number of rotatable bonds is 13. The van der Waals surface area contributed by atoms with Gasteiger partial charge in [-0.2, -0.15) is 13.2 Å². The van der Waals surface area contributed by atoms with Crippen LogP contribution >= 0.6 is 11.6 Å². The van der Waals surface area contributed by atoms with Crippen molar-refractivity contribution in [3.05, 3.63) is 87.7 Å². The van der Waals surface area contributed by atoms with Crippen LogP contribution in [0.5, 0.6) is 11.5 Å². The molecule has 0 saturated carbocycles. The van der Waals surface area contributed by atoms with Crippen LogP contribution in [0, 0.1) is 12.7 Å². The molecule has 0 bridgehead atoms. The van der Waals surface area contributed by atoms with Gasteiger partial charge in [-0.15, -0.1) is 0 Å². The van der Waals surface area contributed by atoms with Crippen LogP contribution in [0.15, 0.2) is 54.6 Å². The van der Waals surface area contributed by atoms with Crippen LogP contribution in [0.25, 0.3) is 0 Å². The monoisotopic (exact) mass is 583 g/mol. The molecule has 12 heteroatoms. The van der Waals surface area contributed by atoms with Gasteiger partial charge < -0.3 is 24.3 Å². The minimum Gasteiger partial charge on any atom is -0.491 e. The van der Waals surface area contributed by atoms with E-state index in [1.54, 1.807) is 32.2 Å². The van der Waals surface area contributed by atoms with Gasteiger partial charge in [0.2, 0.25) is 0 Å². The van der Waals surface area contributed by atoms with E-state index >= 15 is 0 Å². The molecular formula is C28H26ClF4NO6. The predicted molar refractivity (Wildman–Crippen MR) is 140 cm³/mol. The molecule has 1 amide bonds. The molecule has 0 fully saturated rings. The predicted octanol–water partition coefficient (Wildman–Crippen LogP) is 6.10. The van der Waals surface area contributed by atoms with Gasteiger partial charge in [0.05, 0.1) is 30.9 Å². The highest BCUT2D eigenvalue weighted by Crippen LogP contribution is 2.32. The fraction of sp³-hybridized carbons (Fsp3) is 0.286. The lowest BCUT2D eigenvalue weighted by molar-refractivity contribution is -0.137. The first kappa shape index (κ1) is 30.9. The Morgan fingerprint density at radius 3 is 2.38 bits per heavy atom. The Labute approximate surface area is 232 Å². The zero-order chi connectivity index (χ0) is 29.3. The minimum atomic E-state index is -4.86. The molecule has 0 aliphatic rings. The van der Waals surface area contributed by atoms with Crippen LogP contribution in [0.1, 0.15) is 27.0 Å². The number of aryl methyl sites for hydroxylation is 1. The third-order valence-corrected chi connectivity index (χ3v) is 5.67. The summed E-state index contributed by atoms with van der Waals surface area (Å²) in [6.07, 6.45) is -4.86. The molecular weight excluding hydrogens is 558 g/mol. The Kier molecular flexibility index (Phi) is 10.9. The summed E-state index contributed by atoms with van der Waals surface area (Å²) in [6.45, 7) is 2.90. The van der Waals surface area contributed by atoms with Crippen molar-refractivity contribution in [3.63, 3.8) is 0 Å². The van der Waals surface area contributed by atoms with Crippen molar-refractivity contribution >= 4 is 29.0 Å². The van der Waals surface area contributed by atoms with Gasteiger partial charge in [-0.1, -0.05) is 11.6 Å². The van der Waals surface area contributed by atoms with Crippen LogP contribution < -0.4 is 14.8 Å². The second kappa shape index (κ2) is 14.1. The van der Waals surface area contributed by atoms with Gasteiger partial charge in [0.1, 0.15) is 23.9 Å². The first-order chi connectivity index (χ1) is 19.0. The summed E-state index contributed by atoms with van der Waals surface area (Å²) in [5, 5.41) is 2.77. The molecule has 214 valence electrons. The number of ether oxygens (including phenoxy) is 4. The molecule has 3 rings (SSSR count). The van der Waals surface area contributed by atoms with E-state index in [-0.39, 0.29) is 22.4 Å². The first-order valence-corrected chi connectivity index (χ1v) is 12.3. The average molecular weight is 584 g/mol. The van der Waals surface area contributed by atoms with Gasteiger partial charge >= 0.3 is 6.18 Å². The number of ketones is 1. The van der Waals surface area contributed by atoms with Crippen LogP contribution in [-0.4, -0.2) is 51.8 Å². The van der Waals surface area contributed by atoms with E-state index in [9.17, 15) is 27.2 Å². The quantitative estimate of drug-likeness (QED) is 0.149. The van der Waals surface area contributed by atoms with Crippen molar-refractivity contribution in [2.45, 2.75) is 13.1 Å². The van der Waals surface area contributed by atoms with Gasteiger partial charge in [-0.3, -0.25) is 9.59 Å². The molecule has 0 spiro atoms. The van der Waals surface area contributed by atoms with Gasteiger partial charge in [0.25, 0.3) is 5.91 Å². The Bertz CT molecular complexity index is 1350. The normalized spacial score (nSPS) is 11.3. The third-order valence-electron chi connectivity index (χ3n) is 5.43.